The molecule has 154 valence electrons. The van der Waals surface area contributed by atoms with Gasteiger partial charge in [-0.1, -0.05) is 24.8 Å². The van der Waals surface area contributed by atoms with Crippen molar-refractivity contribution in [2.45, 2.75) is 6.54 Å². The summed E-state index contributed by atoms with van der Waals surface area (Å²) in [7, 11) is 3.20. The van der Waals surface area contributed by atoms with Crippen LogP contribution in [0.15, 0.2) is 55.1 Å². The Labute approximate surface area is 169 Å². The minimum atomic E-state index is -0.506. The number of rotatable bonds is 11. The second kappa shape index (κ2) is 10.8. The zero-order chi connectivity index (χ0) is 21.2. The highest BCUT2D eigenvalue weighted by Crippen LogP contribution is 2.26. The minimum Gasteiger partial charge on any atom is -0.490 e. The Hall–Kier alpha value is -3.39. The Morgan fingerprint density at radius 3 is 2.62 bits per heavy atom. The maximum Gasteiger partial charge on any atom is 0.293 e. The van der Waals surface area contributed by atoms with Gasteiger partial charge in [0.25, 0.3) is 11.6 Å². The molecule has 0 saturated carbocycles. The van der Waals surface area contributed by atoms with Gasteiger partial charge in [-0.2, -0.15) is 0 Å². The van der Waals surface area contributed by atoms with Crippen LogP contribution in [0.4, 0.5) is 11.4 Å². The van der Waals surface area contributed by atoms with E-state index in [0.29, 0.717) is 32.0 Å². The largest absolute Gasteiger partial charge is 0.490 e. The molecule has 0 aliphatic heterocycles. The molecule has 29 heavy (non-hydrogen) atoms. The zero-order valence-corrected chi connectivity index (χ0v) is 16.6. The maximum atomic E-state index is 12.7. The number of nitro benzene ring substituents is 1. The Morgan fingerprint density at radius 2 is 2.00 bits per heavy atom. The van der Waals surface area contributed by atoms with Crippen LogP contribution in [0.3, 0.4) is 0 Å². The van der Waals surface area contributed by atoms with E-state index in [2.05, 4.69) is 11.9 Å². The number of benzene rings is 2. The number of ether oxygens (including phenoxy) is 2. The van der Waals surface area contributed by atoms with Gasteiger partial charge in [-0.15, -0.1) is 0 Å². The highest BCUT2D eigenvalue weighted by atomic mass is 16.6. The molecule has 0 aromatic heterocycles. The molecule has 2 rings (SSSR count). The van der Waals surface area contributed by atoms with Crippen molar-refractivity contribution in [1.29, 1.82) is 0 Å². The van der Waals surface area contributed by atoms with E-state index in [9.17, 15) is 14.9 Å². The lowest BCUT2D eigenvalue weighted by Gasteiger charge is -2.18. The highest BCUT2D eigenvalue weighted by Gasteiger charge is 2.19. The van der Waals surface area contributed by atoms with Crippen LogP contribution < -0.4 is 10.1 Å². The molecule has 2 aromatic carbocycles. The van der Waals surface area contributed by atoms with Crippen LogP contribution in [0.1, 0.15) is 15.9 Å². The predicted octanol–water partition coefficient (Wildman–Crippen LogP) is 3.49. The second-order valence-corrected chi connectivity index (χ2v) is 6.31. The molecular formula is C21H25N3O5. The molecule has 8 nitrogen and oxygen atoms in total. The predicted molar refractivity (Wildman–Crippen MR) is 111 cm³/mol. The normalized spacial score (nSPS) is 10.3. The molecule has 8 heteroatoms. The van der Waals surface area contributed by atoms with Crippen molar-refractivity contribution >= 4 is 17.3 Å². The van der Waals surface area contributed by atoms with Crippen molar-refractivity contribution in [3.8, 4) is 5.75 Å². The summed E-state index contributed by atoms with van der Waals surface area (Å²) in [6.45, 7) is 5.23. The number of methoxy groups -OCH3 is 1. The Kier molecular flexibility index (Phi) is 8.17. The second-order valence-electron chi connectivity index (χ2n) is 6.31. The summed E-state index contributed by atoms with van der Waals surface area (Å²) >= 11 is 0. The highest BCUT2D eigenvalue weighted by molar-refractivity contribution is 5.95. The molecular weight excluding hydrogens is 374 g/mol. The summed E-state index contributed by atoms with van der Waals surface area (Å²) in [5.41, 5.74) is 1.37. The van der Waals surface area contributed by atoms with E-state index >= 15 is 0 Å². The third-order valence-corrected chi connectivity index (χ3v) is 4.12. The summed E-state index contributed by atoms with van der Waals surface area (Å²) in [6.07, 6.45) is 1.66. The first-order valence-corrected chi connectivity index (χ1v) is 9.05. The van der Waals surface area contributed by atoms with Crippen LogP contribution >= 0.6 is 0 Å². The van der Waals surface area contributed by atoms with Crippen molar-refractivity contribution in [3.05, 3.63) is 76.4 Å². The fourth-order valence-electron chi connectivity index (χ4n) is 2.67. The molecule has 0 atom stereocenters. The van der Waals surface area contributed by atoms with Crippen LogP contribution in [-0.4, -0.2) is 49.6 Å². The number of nitro groups is 1. The number of nitrogens with zero attached hydrogens (tertiary/aromatic N) is 2. The number of hydrogen-bond acceptors (Lipinski definition) is 6. The van der Waals surface area contributed by atoms with E-state index in [1.54, 1.807) is 32.4 Å². The summed E-state index contributed by atoms with van der Waals surface area (Å²) in [5.74, 6) is 0.415. The Bertz CT molecular complexity index is 852. The summed E-state index contributed by atoms with van der Waals surface area (Å²) in [4.78, 5) is 25.1. The van der Waals surface area contributed by atoms with Crippen molar-refractivity contribution in [2.75, 3.05) is 39.2 Å². The third-order valence-electron chi connectivity index (χ3n) is 4.12. The molecule has 1 N–H and O–H groups in total. The third kappa shape index (κ3) is 6.32. The van der Waals surface area contributed by atoms with E-state index in [-0.39, 0.29) is 17.2 Å². The fraction of sp³-hybridized carbons (Fsp3) is 0.286. The number of carbonyl (C=O) groups is 1. The average Bonchev–Trinajstić information content (AvgIpc) is 2.73. The molecule has 0 heterocycles. The van der Waals surface area contributed by atoms with Crippen molar-refractivity contribution in [3.63, 3.8) is 0 Å². The van der Waals surface area contributed by atoms with Gasteiger partial charge >= 0.3 is 0 Å². The molecule has 0 bridgehead atoms. The van der Waals surface area contributed by atoms with E-state index in [1.807, 2.05) is 24.3 Å². The lowest BCUT2D eigenvalue weighted by Crippen LogP contribution is -2.26. The van der Waals surface area contributed by atoms with E-state index in [1.165, 1.54) is 11.0 Å². The zero-order valence-electron chi connectivity index (χ0n) is 16.6. The lowest BCUT2D eigenvalue weighted by molar-refractivity contribution is -0.384. The van der Waals surface area contributed by atoms with Gasteiger partial charge in [0, 0.05) is 38.9 Å². The molecule has 0 spiro atoms. The monoisotopic (exact) mass is 399 g/mol. The quantitative estimate of drug-likeness (QED) is 0.269. The van der Waals surface area contributed by atoms with Crippen molar-refractivity contribution in [1.82, 2.24) is 4.90 Å². The van der Waals surface area contributed by atoms with E-state index < -0.39 is 4.92 Å². The molecule has 0 fully saturated rings. The molecule has 0 saturated heterocycles. The van der Waals surface area contributed by atoms with Gasteiger partial charge in [-0.25, -0.2) is 0 Å². The van der Waals surface area contributed by atoms with Gasteiger partial charge in [-0.3, -0.25) is 14.9 Å². The van der Waals surface area contributed by atoms with Crippen LogP contribution in [0, 0.1) is 10.1 Å². The van der Waals surface area contributed by atoms with Crippen LogP contribution in [-0.2, 0) is 11.3 Å². The van der Waals surface area contributed by atoms with Crippen LogP contribution in [0.25, 0.3) is 0 Å². The molecule has 1 amide bonds. The Balaban J connectivity index is 2.08. The maximum absolute atomic E-state index is 12.7. The average molecular weight is 399 g/mol. The van der Waals surface area contributed by atoms with Crippen LogP contribution in [0.5, 0.6) is 5.75 Å². The standard InChI is InChI=1S/C21H25N3O5/c1-4-12-29-18-8-5-16(6-9-18)15-23(2)21(25)17-7-10-19(22-11-13-28-3)20(14-17)24(26)27/h4-10,14,22H,1,11-13,15H2,2-3H3. The first kappa shape index (κ1) is 21.9. The van der Waals surface area contributed by atoms with Crippen molar-refractivity contribution < 1.29 is 19.2 Å². The summed E-state index contributed by atoms with van der Waals surface area (Å²) in [5, 5.41) is 14.3. The summed E-state index contributed by atoms with van der Waals surface area (Å²) < 4.78 is 10.4. The lowest BCUT2D eigenvalue weighted by atomic mass is 10.1. The summed E-state index contributed by atoms with van der Waals surface area (Å²) in [6, 6.07) is 11.8. The van der Waals surface area contributed by atoms with E-state index in [4.69, 9.17) is 9.47 Å². The number of anilines is 1. The smallest absolute Gasteiger partial charge is 0.293 e. The molecule has 2 aromatic rings. The number of carbonyl (C=O) groups excluding carboxylic acids is 1. The Morgan fingerprint density at radius 1 is 1.28 bits per heavy atom. The minimum absolute atomic E-state index is 0.149. The van der Waals surface area contributed by atoms with Gasteiger partial charge in [-0.05, 0) is 29.8 Å². The van der Waals surface area contributed by atoms with E-state index in [0.717, 1.165) is 11.3 Å². The first-order chi connectivity index (χ1) is 14.0. The van der Waals surface area contributed by atoms with Gasteiger partial charge < -0.3 is 19.7 Å². The number of nitrogens with one attached hydrogen (secondary N) is 1. The number of amides is 1. The molecule has 0 aliphatic rings. The SMILES string of the molecule is C=CCOc1ccc(CN(C)C(=O)c2ccc(NCCOC)c([N+](=O)[O-])c2)cc1. The van der Waals surface area contributed by atoms with Crippen molar-refractivity contribution in [2.24, 2.45) is 0 Å². The number of hydrogen-bond donors (Lipinski definition) is 1. The first-order valence-electron chi connectivity index (χ1n) is 9.05. The van der Waals surface area contributed by atoms with Crippen LogP contribution in [0.2, 0.25) is 0 Å². The molecule has 0 aliphatic carbocycles. The van der Waals surface area contributed by atoms with Gasteiger partial charge in [0.1, 0.15) is 18.0 Å². The molecule has 0 radical (unpaired) electrons. The van der Waals surface area contributed by atoms with Gasteiger partial charge in [0.05, 0.1) is 11.5 Å². The molecule has 0 unspecified atom stereocenters. The topological polar surface area (TPSA) is 93.9 Å². The fourth-order valence-corrected chi connectivity index (χ4v) is 2.67. The van der Waals surface area contributed by atoms with Gasteiger partial charge in [0.15, 0.2) is 0 Å². The van der Waals surface area contributed by atoms with Gasteiger partial charge in [0.2, 0.25) is 0 Å².